The number of carbonyl (C=O) groups excluding carboxylic acids is 1. The van der Waals surface area contributed by atoms with Crippen molar-refractivity contribution in [1.82, 2.24) is 4.90 Å². The zero-order valence-electron chi connectivity index (χ0n) is 18.7. The van der Waals surface area contributed by atoms with Gasteiger partial charge in [0.25, 0.3) is 0 Å². The number of methoxy groups -OCH3 is 1. The Balaban J connectivity index is 1.32. The largest absolute Gasteiger partial charge is 0.462 e. The monoisotopic (exact) mass is 423 g/mol. The van der Waals surface area contributed by atoms with Crippen LogP contribution in [-0.4, -0.2) is 79.0 Å². The molecule has 0 unspecified atom stereocenters. The first kappa shape index (κ1) is 21.1. The summed E-state index contributed by atoms with van der Waals surface area (Å²) < 4.78 is 23.5. The molecule has 1 spiro atoms. The van der Waals surface area contributed by atoms with E-state index in [9.17, 15) is 9.90 Å². The highest BCUT2D eigenvalue weighted by atomic mass is 16.7. The molecule has 5 rings (SSSR count). The van der Waals surface area contributed by atoms with Gasteiger partial charge < -0.3 is 29.0 Å². The predicted octanol–water partition coefficient (Wildman–Crippen LogP) is 2.10. The Bertz CT molecular complexity index is 685. The summed E-state index contributed by atoms with van der Waals surface area (Å²) in [5.41, 5.74) is -1.82. The number of ether oxygens (including phenoxy) is 4. The van der Waals surface area contributed by atoms with E-state index in [-0.39, 0.29) is 29.3 Å². The number of hydrogen-bond acceptors (Lipinski definition) is 7. The fourth-order valence-corrected chi connectivity index (χ4v) is 7.23. The number of likely N-dealkylation sites (tertiary alicyclic amines) is 1. The summed E-state index contributed by atoms with van der Waals surface area (Å²) in [6.07, 6.45) is 5.70. The number of fused-ring (bicyclic) bond motifs is 2. The van der Waals surface area contributed by atoms with E-state index in [1.165, 1.54) is 0 Å². The molecule has 0 aromatic carbocycles. The minimum atomic E-state index is -0.947. The van der Waals surface area contributed by atoms with Gasteiger partial charge in [0.1, 0.15) is 6.10 Å². The highest BCUT2D eigenvalue weighted by Crippen LogP contribution is 2.61. The van der Waals surface area contributed by atoms with E-state index >= 15 is 0 Å². The van der Waals surface area contributed by atoms with Gasteiger partial charge in [-0.3, -0.25) is 4.79 Å². The topological polar surface area (TPSA) is 77.5 Å². The van der Waals surface area contributed by atoms with Crippen LogP contribution in [0.1, 0.15) is 58.8 Å². The second kappa shape index (κ2) is 7.14. The first-order valence-corrected chi connectivity index (χ1v) is 11.7. The first-order chi connectivity index (χ1) is 14.2. The van der Waals surface area contributed by atoms with Crippen LogP contribution in [0.25, 0.3) is 0 Å². The third-order valence-electron chi connectivity index (χ3n) is 9.34. The Labute approximate surface area is 179 Å². The molecule has 7 nitrogen and oxygen atoms in total. The van der Waals surface area contributed by atoms with Crippen LogP contribution in [0.3, 0.4) is 0 Å². The zero-order valence-corrected chi connectivity index (χ0v) is 18.7. The Morgan fingerprint density at radius 1 is 1.10 bits per heavy atom. The maximum atomic E-state index is 12.9. The van der Waals surface area contributed by atoms with Crippen molar-refractivity contribution in [2.24, 2.45) is 17.3 Å². The van der Waals surface area contributed by atoms with Crippen molar-refractivity contribution in [3.8, 4) is 0 Å². The highest BCUT2D eigenvalue weighted by Gasteiger charge is 2.67. The number of aliphatic hydroxyl groups is 1. The average Bonchev–Trinajstić information content (AvgIpc) is 3.28. The van der Waals surface area contributed by atoms with Crippen molar-refractivity contribution in [3.63, 3.8) is 0 Å². The van der Waals surface area contributed by atoms with E-state index in [0.717, 1.165) is 51.6 Å². The molecule has 2 aliphatic carbocycles. The number of carbonyl (C=O) groups is 1. The maximum absolute atomic E-state index is 12.9. The second-order valence-electron chi connectivity index (χ2n) is 10.8. The summed E-state index contributed by atoms with van der Waals surface area (Å²) in [5, 5.41) is 12.0. The molecule has 5 fully saturated rings. The highest BCUT2D eigenvalue weighted by molar-refractivity contribution is 5.75. The van der Waals surface area contributed by atoms with Crippen molar-refractivity contribution in [3.05, 3.63) is 0 Å². The van der Waals surface area contributed by atoms with Crippen LogP contribution >= 0.6 is 0 Å². The van der Waals surface area contributed by atoms with Gasteiger partial charge in [-0.2, -0.15) is 0 Å². The molecule has 7 heteroatoms. The molecule has 0 amide bonds. The van der Waals surface area contributed by atoms with Gasteiger partial charge in [-0.05, 0) is 39.0 Å². The number of esters is 1. The van der Waals surface area contributed by atoms with E-state index in [1.54, 1.807) is 7.11 Å². The molecule has 3 heterocycles. The van der Waals surface area contributed by atoms with Crippen molar-refractivity contribution < 1.29 is 28.8 Å². The normalized spacial score (nSPS) is 48.4. The Kier molecular flexibility index (Phi) is 5.03. The van der Waals surface area contributed by atoms with Crippen molar-refractivity contribution in [2.45, 2.75) is 81.9 Å². The third kappa shape index (κ3) is 2.99. The lowest BCUT2D eigenvalue weighted by molar-refractivity contribution is -0.270. The van der Waals surface area contributed by atoms with Crippen molar-refractivity contribution in [1.29, 1.82) is 0 Å². The summed E-state index contributed by atoms with van der Waals surface area (Å²) in [6.45, 7) is 7.96. The van der Waals surface area contributed by atoms with Gasteiger partial charge in [0.05, 0.1) is 30.3 Å². The molecular formula is C23H37NO6. The standard InChI is InChI=1S/C23H37NO6/c1-20-5-4-6-21(2,27-3)23(20,26)13-16-17(19(25)30-18(16)14-20)15-24-9-7-22(8-10-24)28-11-12-29-22/h16-18,26H,4-15H2,1-3H3/t16-,17+,18-,20-,21-,23+/m1/s1. The minimum Gasteiger partial charge on any atom is -0.462 e. The molecule has 0 bridgehead atoms. The second-order valence-corrected chi connectivity index (χ2v) is 10.8. The molecule has 2 saturated carbocycles. The summed E-state index contributed by atoms with van der Waals surface area (Å²) in [4.78, 5) is 15.2. The molecule has 1 N–H and O–H groups in total. The van der Waals surface area contributed by atoms with Gasteiger partial charge >= 0.3 is 5.97 Å². The van der Waals surface area contributed by atoms with Crippen LogP contribution in [0.4, 0.5) is 0 Å². The van der Waals surface area contributed by atoms with E-state index in [2.05, 4.69) is 11.8 Å². The van der Waals surface area contributed by atoms with Gasteiger partial charge in [0.2, 0.25) is 0 Å². The molecule has 30 heavy (non-hydrogen) atoms. The average molecular weight is 424 g/mol. The quantitative estimate of drug-likeness (QED) is 0.697. The van der Waals surface area contributed by atoms with Crippen molar-refractivity contribution in [2.75, 3.05) is 40.0 Å². The molecular weight excluding hydrogens is 386 g/mol. The summed E-state index contributed by atoms with van der Waals surface area (Å²) in [7, 11) is 1.71. The SMILES string of the molecule is CO[C@]1(C)CCC[C@]2(C)C[C@H]3OC(=O)[C@@H](CN4CCC5(CC4)OCCO5)[C@H]3C[C@]21O. The molecule has 3 aliphatic heterocycles. The minimum absolute atomic E-state index is 0.0398. The number of rotatable bonds is 3. The number of nitrogens with zero attached hydrogens (tertiary/aromatic N) is 1. The summed E-state index contributed by atoms with van der Waals surface area (Å²) in [6, 6.07) is 0. The third-order valence-corrected chi connectivity index (χ3v) is 9.34. The van der Waals surface area contributed by atoms with E-state index < -0.39 is 17.0 Å². The first-order valence-electron chi connectivity index (χ1n) is 11.7. The van der Waals surface area contributed by atoms with Crippen LogP contribution in [0, 0.1) is 17.3 Å². The van der Waals surface area contributed by atoms with Crippen LogP contribution in [0.15, 0.2) is 0 Å². The van der Waals surface area contributed by atoms with Gasteiger partial charge in [0, 0.05) is 50.9 Å². The number of hydrogen-bond donors (Lipinski definition) is 1. The summed E-state index contributed by atoms with van der Waals surface area (Å²) in [5.74, 6) is -0.646. The fraction of sp³-hybridized carbons (Fsp3) is 0.957. The summed E-state index contributed by atoms with van der Waals surface area (Å²) >= 11 is 0. The van der Waals surface area contributed by atoms with Crippen molar-refractivity contribution >= 4 is 5.97 Å². The Morgan fingerprint density at radius 3 is 2.47 bits per heavy atom. The van der Waals surface area contributed by atoms with E-state index in [4.69, 9.17) is 18.9 Å². The van der Waals surface area contributed by atoms with E-state index in [1.807, 2.05) is 6.92 Å². The van der Waals surface area contributed by atoms with Gasteiger partial charge in [0.15, 0.2) is 5.79 Å². The molecule has 0 aromatic heterocycles. The Morgan fingerprint density at radius 2 is 1.80 bits per heavy atom. The van der Waals surface area contributed by atoms with Crippen LogP contribution in [-0.2, 0) is 23.7 Å². The van der Waals surface area contributed by atoms with Crippen LogP contribution < -0.4 is 0 Å². The maximum Gasteiger partial charge on any atom is 0.310 e. The lowest BCUT2D eigenvalue weighted by Gasteiger charge is -2.62. The molecule has 5 aliphatic rings. The van der Waals surface area contributed by atoms with Crippen LogP contribution in [0.5, 0.6) is 0 Å². The molecule has 0 aromatic rings. The Hall–Kier alpha value is -0.730. The zero-order chi connectivity index (χ0) is 21.2. The smallest absolute Gasteiger partial charge is 0.310 e. The van der Waals surface area contributed by atoms with E-state index in [0.29, 0.717) is 26.2 Å². The lowest BCUT2D eigenvalue weighted by atomic mass is 9.49. The molecule has 6 atom stereocenters. The molecule has 0 radical (unpaired) electrons. The van der Waals surface area contributed by atoms with Gasteiger partial charge in [-0.15, -0.1) is 0 Å². The molecule has 170 valence electrons. The van der Waals surface area contributed by atoms with Gasteiger partial charge in [-0.1, -0.05) is 6.92 Å². The van der Waals surface area contributed by atoms with Gasteiger partial charge in [-0.25, -0.2) is 0 Å². The molecule has 3 saturated heterocycles. The predicted molar refractivity (Wildman–Crippen MR) is 109 cm³/mol. The lowest BCUT2D eigenvalue weighted by Crippen LogP contribution is -2.69. The number of piperidine rings is 1. The fourth-order valence-electron chi connectivity index (χ4n) is 7.23. The van der Waals surface area contributed by atoms with Crippen LogP contribution in [0.2, 0.25) is 0 Å².